The number of methoxy groups -OCH3 is 1. The van der Waals surface area contributed by atoms with Gasteiger partial charge in [0.15, 0.2) is 17.7 Å². The molecule has 1 aromatic carbocycles. The van der Waals surface area contributed by atoms with Crippen LogP contribution in [0.15, 0.2) is 24.3 Å². The van der Waals surface area contributed by atoms with Gasteiger partial charge in [0.2, 0.25) is 0 Å². The summed E-state index contributed by atoms with van der Waals surface area (Å²) in [5.74, 6) is -2.78. The van der Waals surface area contributed by atoms with Crippen LogP contribution in [0, 0.1) is 17.8 Å². The van der Waals surface area contributed by atoms with E-state index in [0.717, 1.165) is 17.7 Å². The summed E-state index contributed by atoms with van der Waals surface area (Å²) in [6.07, 6.45) is -7.00. The highest BCUT2D eigenvalue weighted by Crippen LogP contribution is 2.38. The summed E-state index contributed by atoms with van der Waals surface area (Å²) in [7, 11) is 5.32. The summed E-state index contributed by atoms with van der Waals surface area (Å²) in [5.41, 5.74) is -1.42. The molecule has 382 valence electrons. The minimum Gasteiger partial charge on any atom is -0.459 e. The summed E-state index contributed by atoms with van der Waals surface area (Å²) in [6, 6.07) is 7.08. The van der Waals surface area contributed by atoms with Crippen molar-refractivity contribution < 1.29 is 58.7 Å². The van der Waals surface area contributed by atoms with Crippen LogP contribution in [0.3, 0.4) is 0 Å². The third-order valence-electron chi connectivity index (χ3n) is 13.7. The summed E-state index contributed by atoms with van der Waals surface area (Å²) in [4.78, 5) is 18.6. The number of hydrogen-bond donors (Lipinski definition) is 7. The number of nitrogens with one attached hydrogen (secondary N) is 2. The number of esters is 1. The number of aliphatic hydroxyl groups is 5. The zero-order chi connectivity index (χ0) is 49.7. The van der Waals surface area contributed by atoms with Crippen LogP contribution in [0.2, 0.25) is 0 Å². The number of cyclic esters (lactones) is 1. The lowest BCUT2D eigenvalue weighted by atomic mass is 9.77. The molecule has 0 aliphatic carbocycles. The highest BCUT2D eigenvalue weighted by molar-refractivity contribution is 7.80. The maximum absolute atomic E-state index is 14.5. The first kappa shape index (κ1) is 58.2. The number of likely N-dealkylation sites (N-methyl/N-ethyl adjacent to an activating group) is 1. The smallest absolute Gasteiger partial charge is 0.311 e. The Labute approximate surface area is 401 Å². The van der Waals surface area contributed by atoms with Crippen molar-refractivity contribution in [3.05, 3.63) is 29.8 Å². The molecule has 2 heterocycles. The minimum absolute atomic E-state index is 0.183. The van der Waals surface area contributed by atoms with E-state index in [-0.39, 0.29) is 43.9 Å². The first-order valence-corrected chi connectivity index (χ1v) is 24.6. The molecule has 17 atom stereocenters. The molecular formula is C49H88N4O12S. The Kier molecular flexibility index (Phi) is 23.6. The molecule has 0 radical (unpaired) electrons. The molecule has 2 aliphatic heterocycles. The standard InChI is InChI=1S/C49H88N4O12S/c1-15-36-20-17-18-21-37(36)51-47(66)50-23-19-24-53-28-29(3)27-48(10,58)44(65-46-41(55)38(52(12)13)26-30(4)61-46)31(5)42(64-40(22-25-60-14)62-35(9)34(8)54)32(6)45(57)63-39(16-2)49(11,59)43(56)33(53)7/h17-18,20-21,29-35,38-44,46,54-56,58-59H,15-16,19,22-28H2,1-14H3,(H2,50,51,66)/t29-,30-,31+,32-,33-,34-,35+,38+,39-,40+,41-,42+,43-,44-,46+,48-,49-/m1/s1. The van der Waals surface area contributed by atoms with Crippen LogP contribution in [-0.4, -0.2) is 179 Å². The molecule has 0 spiro atoms. The fourth-order valence-corrected chi connectivity index (χ4v) is 9.85. The minimum atomic E-state index is -1.88. The van der Waals surface area contributed by atoms with Gasteiger partial charge in [-0.1, -0.05) is 45.9 Å². The Hall–Kier alpha value is -2.10. The van der Waals surface area contributed by atoms with Crippen LogP contribution in [-0.2, 0) is 39.6 Å². The van der Waals surface area contributed by atoms with Crippen LogP contribution in [0.25, 0.3) is 0 Å². The van der Waals surface area contributed by atoms with E-state index in [1.54, 1.807) is 41.7 Å². The van der Waals surface area contributed by atoms with Crippen molar-refractivity contribution in [1.82, 2.24) is 15.1 Å². The fraction of sp³-hybridized carbons (Fsp3) is 0.837. The number of ether oxygens (including phenoxy) is 6. The number of aliphatic hydroxyl groups excluding tert-OH is 3. The van der Waals surface area contributed by atoms with E-state index in [4.69, 9.17) is 40.6 Å². The van der Waals surface area contributed by atoms with Gasteiger partial charge in [-0.15, -0.1) is 0 Å². The van der Waals surface area contributed by atoms with Crippen molar-refractivity contribution in [2.75, 3.05) is 52.8 Å². The van der Waals surface area contributed by atoms with E-state index in [9.17, 15) is 30.3 Å². The molecule has 0 aromatic heterocycles. The number of aryl methyl sites for hydroxylation is 1. The van der Waals surface area contributed by atoms with Gasteiger partial charge in [0.1, 0.15) is 23.9 Å². The van der Waals surface area contributed by atoms with Crippen LogP contribution in [0.1, 0.15) is 114 Å². The molecule has 17 heteroatoms. The number of benzene rings is 1. The predicted molar refractivity (Wildman–Crippen MR) is 260 cm³/mol. The molecule has 2 fully saturated rings. The fourth-order valence-electron chi connectivity index (χ4n) is 9.64. The quantitative estimate of drug-likeness (QED) is 0.0470. The Bertz CT molecular complexity index is 1610. The number of nitrogens with zero attached hydrogens (tertiary/aromatic N) is 2. The van der Waals surface area contributed by atoms with E-state index < -0.39 is 90.4 Å². The Morgan fingerprint density at radius 2 is 1.74 bits per heavy atom. The Balaban J connectivity index is 2.11. The van der Waals surface area contributed by atoms with Crippen LogP contribution in [0.5, 0.6) is 0 Å². The van der Waals surface area contributed by atoms with Crippen molar-refractivity contribution in [2.24, 2.45) is 17.8 Å². The van der Waals surface area contributed by atoms with Crippen molar-refractivity contribution in [1.29, 1.82) is 0 Å². The van der Waals surface area contributed by atoms with Crippen LogP contribution >= 0.6 is 12.2 Å². The highest BCUT2D eigenvalue weighted by Gasteiger charge is 2.51. The third-order valence-corrected chi connectivity index (χ3v) is 14.0. The maximum Gasteiger partial charge on any atom is 0.311 e. The number of carbonyl (C=O) groups excluding carboxylic acids is 1. The van der Waals surface area contributed by atoms with Crippen molar-refractivity contribution in [2.45, 2.75) is 199 Å². The van der Waals surface area contributed by atoms with Gasteiger partial charge in [0.05, 0.1) is 48.6 Å². The average Bonchev–Trinajstić information content (AvgIpc) is 3.25. The Morgan fingerprint density at radius 1 is 1.08 bits per heavy atom. The largest absolute Gasteiger partial charge is 0.459 e. The number of carbonyl (C=O) groups is 1. The van der Waals surface area contributed by atoms with Gasteiger partial charge in [-0.25, -0.2) is 0 Å². The second-order valence-corrected chi connectivity index (χ2v) is 20.2. The molecule has 66 heavy (non-hydrogen) atoms. The second-order valence-electron chi connectivity index (χ2n) is 19.8. The SMILES string of the molecule is CCc1ccccc1NC(=S)NCCCN1C[C@H](C)C[C@@](C)(O)[C@H](O[C@@H]2O[C@H](C)C[C@H](N(C)C)[C@H]2O)[C@@H](C)[C@H](O[C@@H](CCOC)O[C@@H](C)[C@@H](C)O)[C@@H](C)C(=O)O[C@H](CC)[C@@](C)(O)[C@H](O)[C@H]1C. The van der Waals surface area contributed by atoms with E-state index in [0.29, 0.717) is 37.6 Å². The average molecular weight is 957 g/mol. The topological polar surface area (TPSA) is 204 Å². The van der Waals surface area contributed by atoms with Crippen molar-refractivity contribution in [3.8, 4) is 0 Å². The lowest BCUT2D eigenvalue weighted by molar-refractivity contribution is -0.306. The van der Waals surface area contributed by atoms with Gasteiger partial charge in [-0.3, -0.25) is 9.69 Å². The molecule has 3 rings (SSSR count). The molecule has 2 saturated heterocycles. The van der Waals surface area contributed by atoms with E-state index in [1.807, 2.05) is 64.9 Å². The first-order chi connectivity index (χ1) is 30.9. The van der Waals surface area contributed by atoms with Gasteiger partial charge < -0.3 is 69.5 Å². The van der Waals surface area contributed by atoms with Gasteiger partial charge in [-0.05, 0) is 124 Å². The Morgan fingerprint density at radius 3 is 2.35 bits per heavy atom. The lowest BCUT2D eigenvalue weighted by Crippen LogP contribution is -2.59. The van der Waals surface area contributed by atoms with Crippen LogP contribution in [0.4, 0.5) is 5.69 Å². The molecule has 1 aromatic rings. The molecule has 0 unspecified atom stereocenters. The predicted octanol–water partition coefficient (Wildman–Crippen LogP) is 4.46. The molecule has 0 saturated carbocycles. The summed E-state index contributed by atoms with van der Waals surface area (Å²) in [6.45, 7) is 21.3. The van der Waals surface area contributed by atoms with Gasteiger partial charge in [-0.2, -0.15) is 0 Å². The van der Waals surface area contributed by atoms with E-state index in [2.05, 4.69) is 28.5 Å². The lowest BCUT2D eigenvalue weighted by Gasteiger charge is -2.47. The second kappa shape index (κ2) is 26.8. The third kappa shape index (κ3) is 16.2. The van der Waals surface area contributed by atoms with Crippen molar-refractivity contribution in [3.63, 3.8) is 0 Å². The van der Waals surface area contributed by atoms with Crippen molar-refractivity contribution >= 4 is 29.0 Å². The van der Waals surface area contributed by atoms with Gasteiger partial charge in [0, 0.05) is 56.9 Å². The molecule has 0 bridgehead atoms. The van der Waals surface area contributed by atoms with E-state index >= 15 is 0 Å². The molecule has 16 nitrogen and oxygen atoms in total. The highest BCUT2D eigenvalue weighted by atomic mass is 32.1. The van der Waals surface area contributed by atoms with Gasteiger partial charge in [0.25, 0.3) is 0 Å². The number of thiocarbonyl (C=S) groups is 1. The number of hydrogen-bond acceptors (Lipinski definition) is 15. The number of anilines is 1. The maximum atomic E-state index is 14.5. The number of para-hydroxylation sites is 1. The number of rotatable bonds is 18. The molecule has 2 aliphatic rings. The zero-order valence-corrected chi connectivity index (χ0v) is 43.3. The van der Waals surface area contributed by atoms with E-state index in [1.165, 1.54) is 6.92 Å². The molecule has 7 N–H and O–H groups in total. The summed E-state index contributed by atoms with van der Waals surface area (Å²) >= 11 is 5.65. The van der Waals surface area contributed by atoms with Crippen LogP contribution < -0.4 is 10.6 Å². The molecular weight excluding hydrogens is 869 g/mol. The monoisotopic (exact) mass is 957 g/mol. The summed E-state index contributed by atoms with van der Waals surface area (Å²) < 4.78 is 37.7. The normalized spacial score (nSPS) is 35.8. The molecule has 0 amide bonds. The first-order valence-electron chi connectivity index (χ1n) is 24.2. The van der Waals surface area contributed by atoms with Gasteiger partial charge >= 0.3 is 5.97 Å². The zero-order valence-electron chi connectivity index (χ0n) is 42.4. The summed E-state index contributed by atoms with van der Waals surface area (Å²) in [5, 5.41) is 66.4.